The fourth-order valence-corrected chi connectivity index (χ4v) is 3.26. The largest absolute Gasteiger partial charge is 0.338 e. The molecule has 2 atom stereocenters. The monoisotopic (exact) mass is 301 g/mol. The molecule has 0 spiro atoms. The number of fused-ring (bicyclic) bond motifs is 1. The van der Waals surface area contributed by atoms with Crippen molar-refractivity contribution < 1.29 is 4.52 Å². The van der Waals surface area contributed by atoms with Crippen LogP contribution < -0.4 is 0 Å². The van der Waals surface area contributed by atoms with Crippen LogP contribution in [0.5, 0.6) is 0 Å². The van der Waals surface area contributed by atoms with Gasteiger partial charge in [-0.25, -0.2) is 4.98 Å². The van der Waals surface area contributed by atoms with Crippen LogP contribution >= 0.6 is 0 Å². The minimum atomic E-state index is 0.171. The van der Waals surface area contributed by atoms with E-state index < -0.39 is 0 Å². The van der Waals surface area contributed by atoms with Crippen molar-refractivity contribution in [1.29, 1.82) is 0 Å². The quantitative estimate of drug-likeness (QED) is 0.848. The lowest BCUT2D eigenvalue weighted by Crippen LogP contribution is -2.33. The van der Waals surface area contributed by atoms with Crippen molar-refractivity contribution in [2.24, 2.45) is 5.92 Å². The molecule has 0 bridgehead atoms. The number of hydrogen-bond acceptors (Lipinski definition) is 5. The summed E-state index contributed by atoms with van der Waals surface area (Å²) in [6.07, 6.45) is 8.68. The highest BCUT2D eigenvalue weighted by Gasteiger charge is 2.30. The van der Waals surface area contributed by atoms with Crippen molar-refractivity contribution in [3.8, 4) is 0 Å². The van der Waals surface area contributed by atoms with Gasteiger partial charge in [-0.2, -0.15) is 4.98 Å². The number of aromatic nitrogens is 4. The van der Waals surface area contributed by atoms with Crippen LogP contribution in [0.15, 0.2) is 16.9 Å². The molecule has 1 aliphatic heterocycles. The third-order valence-electron chi connectivity index (χ3n) is 5.00. The minimum absolute atomic E-state index is 0.171. The first kappa shape index (κ1) is 13.9. The average Bonchev–Trinajstić information content (AvgIpc) is 3.08. The molecule has 6 nitrogen and oxygen atoms in total. The summed E-state index contributed by atoms with van der Waals surface area (Å²) in [4.78, 5) is 11.3. The SMILES string of the molecule is C[C@H](c1nc(C2CC2)no1)N(C)C[C@H]1CCc2nccn2C1. The second-order valence-corrected chi connectivity index (χ2v) is 6.78. The third-order valence-corrected chi connectivity index (χ3v) is 5.00. The first-order chi connectivity index (χ1) is 10.7. The summed E-state index contributed by atoms with van der Waals surface area (Å²) in [5.41, 5.74) is 0. The Balaban J connectivity index is 1.37. The summed E-state index contributed by atoms with van der Waals surface area (Å²) < 4.78 is 7.75. The van der Waals surface area contributed by atoms with Gasteiger partial charge in [-0.3, -0.25) is 4.90 Å². The van der Waals surface area contributed by atoms with Crippen molar-refractivity contribution in [2.45, 2.75) is 51.1 Å². The molecule has 0 N–H and O–H groups in total. The number of rotatable bonds is 5. The van der Waals surface area contributed by atoms with E-state index in [1.54, 1.807) is 0 Å². The van der Waals surface area contributed by atoms with Gasteiger partial charge >= 0.3 is 0 Å². The lowest BCUT2D eigenvalue weighted by atomic mass is 9.98. The Bertz CT molecular complexity index is 645. The highest BCUT2D eigenvalue weighted by molar-refractivity contribution is 5.04. The van der Waals surface area contributed by atoms with E-state index in [9.17, 15) is 0 Å². The van der Waals surface area contributed by atoms with Crippen LogP contribution in [0.25, 0.3) is 0 Å². The van der Waals surface area contributed by atoms with Gasteiger partial charge in [0.15, 0.2) is 5.82 Å². The van der Waals surface area contributed by atoms with Gasteiger partial charge in [-0.1, -0.05) is 5.16 Å². The highest BCUT2D eigenvalue weighted by atomic mass is 16.5. The van der Waals surface area contributed by atoms with Crippen molar-refractivity contribution >= 4 is 0 Å². The van der Waals surface area contributed by atoms with Gasteiger partial charge in [-0.05, 0) is 39.2 Å². The Hall–Kier alpha value is -1.69. The van der Waals surface area contributed by atoms with Crippen molar-refractivity contribution in [2.75, 3.05) is 13.6 Å². The van der Waals surface area contributed by atoms with Crippen LogP contribution in [0.4, 0.5) is 0 Å². The summed E-state index contributed by atoms with van der Waals surface area (Å²) in [6, 6.07) is 0.171. The molecule has 4 rings (SSSR count). The zero-order chi connectivity index (χ0) is 15.1. The van der Waals surface area contributed by atoms with E-state index >= 15 is 0 Å². The van der Waals surface area contributed by atoms with E-state index in [0.717, 1.165) is 31.2 Å². The van der Waals surface area contributed by atoms with Crippen LogP contribution in [0.3, 0.4) is 0 Å². The molecule has 2 aromatic heterocycles. The molecule has 0 aromatic carbocycles. The molecule has 1 aliphatic carbocycles. The summed E-state index contributed by atoms with van der Waals surface area (Å²) in [6.45, 7) is 4.25. The molecule has 0 saturated heterocycles. The molecule has 118 valence electrons. The van der Waals surface area contributed by atoms with Crippen LogP contribution in [0.2, 0.25) is 0 Å². The van der Waals surface area contributed by atoms with E-state index in [1.165, 1.54) is 25.1 Å². The number of aryl methyl sites for hydroxylation is 1. The maximum atomic E-state index is 5.46. The van der Waals surface area contributed by atoms with Crippen LogP contribution in [-0.2, 0) is 13.0 Å². The third kappa shape index (κ3) is 2.67. The molecule has 0 amide bonds. The van der Waals surface area contributed by atoms with Crippen molar-refractivity contribution in [1.82, 2.24) is 24.6 Å². The Kier molecular flexibility index (Phi) is 3.48. The molecular formula is C16H23N5O. The maximum absolute atomic E-state index is 5.46. The van der Waals surface area contributed by atoms with E-state index in [1.807, 2.05) is 6.20 Å². The zero-order valence-electron chi connectivity index (χ0n) is 13.3. The fourth-order valence-electron chi connectivity index (χ4n) is 3.26. The summed E-state index contributed by atoms with van der Waals surface area (Å²) >= 11 is 0. The average molecular weight is 301 g/mol. The van der Waals surface area contributed by atoms with Gasteiger partial charge in [0, 0.05) is 37.8 Å². The minimum Gasteiger partial charge on any atom is -0.338 e. The Labute approximate surface area is 130 Å². The van der Waals surface area contributed by atoms with Gasteiger partial charge in [0.2, 0.25) is 5.89 Å². The van der Waals surface area contributed by atoms with E-state index in [0.29, 0.717) is 11.8 Å². The second kappa shape index (κ2) is 5.50. The predicted molar refractivity (Wildman–Crippen MR) is 81.4 cm³/mol. The predicted octanol–water partition coefficient (Wildman–Crippen LogP) is 2.40. The molecule has 0 radical (unpaired) electrons. The lowest BCUT2D eigenvalue weighted by Gasteiger charge is -2.30. The number of hydrogen-bond donors (Lipinski definition) is 0. The Morgan fingerprint density at radius 2 is 2.27 bits per heavy atom. The molecule has 2 aliphatic rings. The van der Waals surface area contributed by atoms with Gasteiger partial charge < -0.3 is 9.09 Å². The highest BCUT2D eigenvalue weighted by Crippen LogP contribution is 2.38. The molecule has 1 fully saturated rings. The van der Waals surface area contributed by atoms with Gasteiger partial charge in [0.25, 0.3) is 0 Å². The molecule has 6 heteroatoms. The molecule has 0 unspecified atom stereocenters. The van der Waals surface area contributed by atoms with E-state index in [4.69, 9.17) is 4.52 Å². The van der Waals surface area contributed by atoms with Crippen molar-refractivity contribution in [3.63, 3.8) is 0 Å². The molecular weight excluding hydrogens is 278 g/mol. The van der Waals surface area contributed by atoms with Crippen LogP contribution in [-0.4, -0.2) is 38.2 Å². The lowest BCUT2D eigenvalue weighted by molar-refractivity contribution is 0.165. The second-order valence-electron chi connectivity index (χ2n) is 6.78. The fraction of sp³-hybridized carbons (Fsp3) is 0.688. The van der Waals surface area contributed by atoms with Crippen molar-refractivity contribution in [3.05, 3.63) is 29.9 Å². The van der Waals surface area contributed by atoms with Gasteiger partial charge in [-0.15, -0.1) is 0 Å². The zero-order valence-corrected chi connectivity index (χ0v) is 13.3. The first-order valence-electron chi connectivity index (χ1n) is 8.24. The van der Waals surface area contributed by atoms with Gasteiger partial charge in [0.1, 0.15) is 5.82 Å². The van der Waals surface area contributed by atoms with Gasteiger partial charge in [0.05, 0.1) is 6.04 Å². The van der Waals surface area contributed by atoms with Crippen LogP contribution in [0.1, 0.15) is 55.7 Å². The van der Waals surface area contributed by atoms with E-state index in [-0.39, 0.29) is 6.04 Å². The molecule has 1 saturated carbocycles. The Morgan fingerprint density at radius 1 is 1.41 bits per heavy atom. The topological polar surface area (TPSA) is 60.0 Å². The number of nitrogens with zero attached hydrogens (tertiary/aromatic N) is 5. The van der Waals surface area contributed by atoms with Crippen LogP contribution in [0, 0.1) is 5.92 Å². The van der Waals surface area contributed by atoms with E-state index in [2.05, 4.69) is 44.8 Å². The standard InChI is InChI=1S/C16H23N5O/c1-11(16-18-15(19-22-16)13-4-5-13)20(2)9-12-3-6-14-17-7-8-21(14)10-12/h7-8,11-13H,3-6,9-10H2,1-2H3/t11-,12-/m1/s1. The normalized spacial score (nSPS) is 22.8. The summed E-state index contributed by atoms with van der Waals surface area (Å²) in [7, 11) is 2.15. The smallest absolute Gasteiger partial charge is 0.243 e. The first-order valence-corrected chi connectivity index (χ1v) is 8.24. The Morgan fingerprint density at radius 3 is 3.09 bits per heavy atom. The maximum Gasteiger partial charge on any atom is 0.243 e. The summed E-state index contributed by atoms with van der Waals surface area (Å²) in [5.74, 6) is 4.07. The molecule has 3 heterocycles. The molecule has 2 aromatic rings. The summed E-state index contributed by atoms with van der Waals surface area (Å²) in [5, 5.41) is 4.13. The molecule has 22 heavy (non-hydrogen) atoms. The number of imidazole rings is 1.